The molecule has 1 aliphatic heterocycles. The highest BCUT2D eigenvalue weighted by Crippen LogP contribution is 2.36. The SMILES string of the molecule is CO[C@@H]1C2=C(CCCC2)C(=O)N1CCc1ccc(Cl)cc1. The summed E-state index contributed by atoms with van der Waals surface area (Å²) in [6.07, 6.45) is 4.86. The lowest BCUT2D eigenvalue weighted by atomic mass is 9.93. The molecule has 112 valence electrons. The van der Waals surface area contributed by atoms with Crippen LogP contribution in [0.5, 0.6) is 0 Å². The zero-order valence-electron chi connectivity index (χ0n) is 12.3. The first-order chi connectivity index (χ1) is 10.2. The second-order valence-corrected chi connectivity index (χ2v) is 6.11. The van der Waals surface area contributed by atoms with Gasteiger partial charge in [0.1, 0.15) is 0 Å². The van der Waals surface area contributed by atoms with Crippen LogP contribution in [0.15, 0.2) is 35.4 Å². The Hall–Kier alpha value is -1.32. The molecule has 3 rings (SSSR count). The molecular weight excluding hydrogens is 286 g/mol. The first-order valence-corrected chi connectivity index (χ1v) is 7.88. The van der Waals surface area contributed by atoms with Crippen molar-refractivity contribution in [3.63, 3.8) is 0 Å². The molecule has 4 heteroatoms. The number of halogens is 1. The summed E-state index contributed by atoms with van der Waals surface area (Å²) in [5.41, 5.74) is 3.40. The van der Waals surface area contributed by atoms with E-state index in [-0.39, 0.29) is 12.1 Å². The Morgan fingerprint density at radius 3 is 2.67 bits per heavy atom. The number of rotatable bonds is 4. The van der Waals surface area contributed by atoms with Gasteiger partial charge in [0.05, 0.1) is 0 Å². The van der Waals surface area contributed by atoms with E-state index in [0.717, 1.165) is 42.7 Å². The van der Waals surface area contributed by atoms with Crippen molar-refractivity contribution in [1.29, 1.82) is 0 Å². The van der Waals surface area contributed by atoms with Gasteiger partial charge in [-0.3, -0.25) is 4.79 Å². The Kier molecular flexibility index (Phi) is 4.32. The summed E-state index contributed by atoms with van der Waals surface area (Å²) in [7, 11) is 1.69. The minimum atomic E-state index is -0.153. The van der Waals surface area contributed by atoms with Gasteiger partial charge in [-0.2, -0.15) is 0 Å². The summed E-state index contributed by atoms with van der Waals surface area (Å²) in [6, 6.07) is 7.80. The Morgan fingerprint density at radius 1 is 1.24 bits per heavy atom. The maximum absolute atomic E-state index is 12.6. The Morgan fingerprint density at radius 2 is 1.95 bits per heavy atom. The van der Waals surface area contributed by atoms with E-state index in [0.29, 0.717) is 6.54 Å². The van der Waals surface area contributed by atoms with Gasteiger partial charge in [0, 0.05) is 24.3 Å². The van der Waals surface area contributed by atoms with Crippen LogP contribution in [0.1, 0.15) is 31.2 Å². The fourth-order valence-corrected chi connectivity index (χ4v) is 3.43. The monoisotopic (exact) mass is 305 g/mol. The summed E-state index contributed by atoms with van der Waals surface area (Å²) in [5.74, 6) is 0.172. The Bertz CT molecular complexity index is 565. The topological polar surface area (TPSA) is 29.5 Å². The molecule has 0 bridgehead atoms. The first-order valence-electron chi connectivity index (χ1n) is 7.51. The predicted molar refractivity (Wildman–Crippen MR) is 83.2 cm³/mol. The molecule has 1 aliphatic carbocycles. The molecule has 1 aromatic rings. The van der Waals surface area contributed by atoms with Crippen molar-refractivity contribution in [3.05, 3.63) is 46.0 Å². The normalized spacial score (nSPS) is 21.9. The average molecular weight is 306 g/mol. The summed E-state index contributed by atoms with van der Waals surface area (Å²) >= 11 is 5.90. The molecule has 0 fully saturated rings. The summed E-state index contributed by atoms with van der Waals surface area (Å²) in [6.45, 7) is 0.686. The molecule has 1 atom stereocenters. The van der Waals surface area contributed by atoms with Gasteiger partial charge in [-0.25, -0.2) is 0 Å². The molecule has 1 amide bonds. The van der Waals surface area contributed by atoms with Gasteiger partial charge in [0.15, 0.2) is 6.23 Å². The summed E-state index contributed by atoms with van der Waals surface area (Å²) in [4.78, 5) is 14.4. The van der Waals surface area contributed by atoms with Gasteiger partial charge >= 0.3 is 0 Å². The minimum absolute atomic E-state index is 0.153. The second kappa shape index (κ2) is 6.20. The number of amides is 1. The van der Waals surface area contributed by atoms with Gasteiger partial charge in [-0.1, -0.05) is 23.7 Å². The molecule has 0 spiro atoms. The van der Waals surface area contributed by atoms with Crippen molar-refractivity contribution < 1.29 is 9.53 Å². The molecular formula is C17H20ClNO2. The van der Waals surface area contributed by atoms with Crippen molar-refractivity contribution in [2.24, 2.45) is 0 Å². The van der Waals surface area contributed by atoms with Crippen molar-refractivity contribution in [1.82, 2.24) is 4.90 Å². The van der Waals surface area contributed by atoms with Crippen LogP contribution in [0, 0.1) is 0 Å². The van der Waals surface area contributed by atoms with E-state index in [1.807, 2.05) is 29.2 Å². The molecule has 0 unspecified atom stereocenters. The van der Waals surface area contributed by atoms with Crippen molar-refractivity contribution in [3.8, 4) is 0 Å². The van der Waals surface area contributed by atoms with Gasteiger partial charge < -0.3 is 9.64 Å². The number of methoxy groups -OCH3 is 1. The maximum Gasteiger partial charge on any atom is 0.252 e. The fourth-order valence-electron chi connectivity index (χ4n) is 3.30. The third kappa shape index (κ3) is 2.85. The van der Waals surface area contributed by atoms with Crippen LogP contribution in [0.4, 0.5) is 0 Å². The number of hydrogen-bond acceptors (Lipinski definition) is 2. The van der Waals surface area contributed by atoms with Crippen LogP contribution in [-0.2, 0) is 16.0 Å². The van der Waals surface area contributed by atoms with Crippen molar-refractivity contribution in [2.45, 2.75) is 38.3 Å². The summed E-state index contributed by atoms with van der Waals surface area (Å²) in [5, 5.41) is 0.739. The zero-order valence-corrected chi connectivity index (χ0v) is 13.0. The Labute approximate surface area is 130 Å². The summed E-state index contributed by atoms with van der Waals surface area (Å²) < 4.78 is 5.60. The van der Waals surface area contributed by atoms with E-state index in [9.17, 15) is 4.79 Å². The molecule has 2 aliphatic rings. The first kappa shape index (κ1) is 14.6. The van der Waals surface area contributed by atoms with Crippen LogP contribution < -0.4 is 0 Å². The molecule has 0 N–H and O–H groups in total. The van der Waals surface area contributed by atoms with Crippen molar-refractivity contribution in [2.75, 3.05) is 13.7 Å². The van der Waals surface area contributed by atoms with Gasteiger partial charge in [0.2, 0.25) is 0 Å². The molecule has 3 nitrogen and oxygen atoms in total. The third-order valence-corrected chi connectivity index (χ3v) is 4.64. The second-order valence-electron chi connectivity index (χ2n) is 5.67. The van der Waals surface area contributed by atoms with Crippen LogP contribution in [0.25, 0.3) is 0 Å². The fraction of sp³-hybridized carbons (Fsp3) is 0.471. The quantitative estimate of drug-likeness (QED) is 0.851. The number of carbonyl (C=O) groups excluding carboxylic acids is 1. The lowest BCUT2D eigenvalue weighted by Gasteiger charge is -2.26. The van der Waals surface area contributed by atoms with Gasteiger partial charge in [-0.15, -0.1) is 0 Å². The number of ether oxygens (including phenoxy) is 1. The Balaban J connectivity index is 1.70. The van der Waals surface area contributed by atoms with E-state index >= 15 is 0 Å². The molecule has 0 aromatic heterocycles. The minimum Gasteiger partial charge on any atom is -0.357 e. The van der Waals surface area contributed by atoms with Crippen LogP contribution >= 0.6 is 11.6 Å². The van der Waals surface area contributed by atoms with Crippen LogP contribution in [-0.4, -0.2) is 30.7 Å². The van der Waals surface area contributed by atoms with E-state index in [2.05, 4.69) is 0 Å². The highest BCUT2D eigenvalue weighted by Gasteiger charge is 2.39. The number of nitrogens with zero attached hydrogens (tertiary/aromatic N) is 1. The number of carbonyl (C=O) groups is 1. The van der Waals surface area contributed by atoms with E-state index in [4.69, 9.17) is 16.3 Å². The molecule has 1 heterocycles. The molecule has 0 radical (unpaired) electrons. The predicted octanol–water partition coefficient (Wildman–Crippen LogP) is 3.57. The van der Waals surface area contributed by atoms with Crippen LogP contribution in [0.3, 0.4) is 0 Å². The standard InChI is InChI=1S/C17H20ClNO2/c1-21-17-15-5-3-2-4-14(15)16(20)19(17)11-10-12-6-8-13(18)9-7-12/h6-9,17H,2-5,10-11H2,1H3/t17-/m1/s1. The highest BCUT2D eigenvalue weighted by molar-refractivity contribution is 6.30. The smallest absolute Gasteiger partial charge is 0.252 e. The highest BCUT2D eigenvalue weighted by atomic mass is 35.5. The largest absolute Gasteiger partial charge is 0.357 e. The zero-order chi connectivity index (χ0) is 14.8. The molecule has 0 saturated heterocycles. The number of benzene rings is 1. The average Bonchev–Trinajstić information content (AvgIpc) is 2.79. The lowest BCUT2D eigenvalue weighted by Crippen LogP contribution is -2.38. The molecule has 0 saturated carbocycles. The third-order valence-electron chi connectivity index (χ3n) is 4.39. The van der Waals surface area contributed by atoms with Crippen LogP contribution in [0.2, 0.25) is 5.02 Å². The van der Waals surface area contributed by atoms with E-state index < -0.39 is 0 Å². The van der Waals surface area contributed by atoms with E-state index in [1.54, 1.807) is 7.11 Å². The number of hydrogen-bond donors (Lipinski definition) is 0. The molecule has 21 heavy (non-hydrogen) atoms. The van der Waals surface area contributed by atoms with Crippen molar-refractivity contribution >= 4 is 17.5 Å². The maximum atomic E-state index is 12.6. The molecule has 1 aromatic carbocycles. The lowest BCUT2D eigenvalue weighted by molar-refractivity contribution is -0.133. The van der Waals surface area contributed by atoms with E-state index in [1.165, 1.54) is 11.1 Å². The van der Waals surface area contributed by atoms with Gasteiger partial charge in [0.25, 0.3) is 5.91 Å². The van der Waals surface area contributed by atoms with Gasteiger partial charge in [-0.05, 0) is 55.4 Å².